The highest BCUT2D eigenvalue weighted by molar-refractivity contribution is 6.31. The van der Waals surface area contributed by atoms with Gasteiger partial charge in [0.2, 0.25) is 0 Å². The molecule has 0 spiro atoms. The molecule has 1 aliphatic carbocycles. The molecule has 2 aromatic rings. The number of fused-ring (bicyclic) bond motifs is 1. The zero-order valence-corrected chi connectivity index (χ0v) is 12.6. The maximum atomic E-state index is 13.4. The Morgan fingerprint density at radius 3 is 2.86 bits per heavy atom. The third-order valence-corrected chi connectivity index (χ3v) is 4.62. The van der Waals surface area contributed by atoms with Crippen LogP contribution in [0.2, 0.25) is 5.02 Å². The Balaban J connectivity index is 1.81. The Labute approximate surface area is 127 Å². The molecule has 1 saturated carbocycles. The summed E-state index contributed by atoms with van der Waals surface area (Å²) < 4.78 is 13.4. The summed E-state index contributed by atoms with van der Waals surface area (Å²) >= 11 is 5.76. The van der Waals surface area contributed by atoms with E-state index in [4.69, 9.17) is 11.6 Å². The van der Waals surface area contributed by atoms with Crippen LogP contribution in [0.5, 0.6) is 0 Å². The van der Waals surface area contributed by atoms with E-state index < -0.39 is 5.82 Å². The number of aromatic amines is 1. The van der Waals surface area contributed by atoms with Gasteiger partial charge in [-0.3, -0.25) is 4.79 Å². The number of benzene rings is 1. The predicted octanol–water partition coefficient (Wildman–Crippen LogP) is 4.27. The fourth-order valence-corrected chi connectivity index (χ4v) is 3.20. The van der Waals surface area contributed by atoms with E-state index in [-0.39, 0.29) is 17.0 Å². The number of hydrogen-bond donors (Lipinski definition) is 2. The molecule has 0 saturated heterocycles. The molecule has 1 aliphatic rings. The fourth-order valence-electron chi connectivity index (χ4n) is 3.03. The lowest BCUT2D eigenvalue weighted by Crippen LogP contribution is -2.41. The molecular weight excluding hydrogens is 291 g/mol. The molecule has 1 amide bonds. The number of amides is 1. The lowest BCUT2D eigenvalue weighted by atomic mass is 9.86. The third-order valence-electron chi connectivity index (χ3n) is 4.33. The molecule has 112 valence electrons. The Kier molecular flexibility index (Phi) is 3.89. The van der Waals surface area contributed by atoms with Crippen molar-refractivity contribution in [3.8, 4) is 0 Å². The zero-order chi connectivity index (χ0) is 15.0. The van der Waals surface area contributed by atoms with Crippen LogP contribution in [0.3, 0.4) is 0 Å². The Morgan fingerprint density at radius 1 is 1.33 bits per heavy atom. The van der Waals surface area contributed by atoms with Crippen LogP contribution in [-0.2, 0) is 0 Å². The SMILES string of the molecule is CC1CCCC[C@@H]1NC(=O)c1cc2cc(Cl)c(F)cc2[nH]1. The van der Waals surface area contributed by atoms with Crippen molar-refractivity contribution in [1.29, 1.82) is 0 Å². The van der Waals surface area contributed by atoms with Gasteiger partial charge in [0.05, 0.1) is 5.02 Å². The fraction of sp³-hybridized carbons (Fsp3) is 0.438. The first kappa shape index (κ1) is 14.4. The number of H-pyrrole nitrogens is 1. The van der Waals surface area contributed by atoms with Crippen molar-refractivity contribution in [3.05, 3.63) is 34.7 Å². The van der Waals surface area contributed by atoms with E-state index in [1.165, 1.54) is 18.6 Å². The molecule has 1 aromatic heterocycles. The van der Waals surface area contributed by atoms with E-state index in [0.29, 0.717) is 17.1 Å². The molecule has 1 unspecified atom stereocenters. The average molecular weight is 309 g/mol. The molecule has 1 heterocycles. The van der Waals surface area contributed by atoms with E-state index in [9.17, 15) is 9.18 Å². The van der Waals surface area contributed by atoms with Crippen molar-refractivity contribution < 1.29 is 9.18 Å². The van der Waals surface area contributed by atoms with Gasteiger partial charge in [0.15, 0.2) is 0 Å². The standard InChI is InChI=1S/C16H18ClFN2O/c1-9-4-2-3-5-13(9)20-16(21)15-7-10-6-11(17)12(18)8-14(10)19-15/h6-9,13,19H,2-5H2,1H3,(H,20,21)/t9?,13-/m0/s1. The van der Waals surface area contributed by atoms with Crippen LogP contribution in [0.25, 0.3) is 10.9 Å². The lowest BCUT2D eigenvalue weighted by molar-refractivity contribution is 0.0906. The first-order valence-electron chi connectivity index (χ1n) is 7.33. The highest BCUT2D eigenvalue weighted by Crippen LogP contribution is 2.25. The summed E-state index contributed by atoms with van der Waals surface area (Å²) in [5, 5.41) is 3.88. The molecule has 21 heavy (non-hydrogen) atoms. The second-order valence-electron chi connectivity index (χ2n) is 5.88. The Hall–Kier alpha value is -1.55. The highest BCUT2D eigenvalue weighted by atomic mass is 35.5. The average Bonchev–Trinajstić information content (AvgIpc) is 2.85. The van der Waals surface area contributed by atoms with Gasteiger partial charge in [-0.15, -0.1) is 0 Å². The van der Waals surface area contributed by atoms with Crippen molar-refractivity contribution in [2.75, 3.05) is 0 Å². The monoisotopic (exact) mass is 308 g/mol. The summed E-state index contributed by atoms with van der Waals surface area (Å²) in [6, 6.07) is 4.78. The topological polar surface area (TPSA) is 44.9 Å². The highest BCUT2D eigenvalue weighted by Gasteiger charge is 2.23. The van der Waals surface area contributed by atoms with Gasteiger partial charge in [-0.2, -0.15) is 0 Å². The molecule has 2 atom stereocenters. The molecule has 3 nitrogen and oxygen atoms in total. The summed E-state index contributed by atoms with van der Waals surface area (Å²) in [6.45, 7) is 2.17. The summed E-state index contributed by atoms with van der Waals surface area (Å²) in [5.74, 6) is -0.126. The van der Waals surface area contributed by atoms with Crippen molar-refractivity contribution in [1.82, 2.24) is 10.3 Å². The number of rotatable bonds is 2. The van der Waals surface area contributed by atoms with Gasteiger partial charge >= 0.3 is 0 Å². The second-order valence-corrected chi connectivity index (χ2v) is 6.29. The van der Waals surface area contributed by atoms with E-state index in [1.807, 2.05) is 0 Å². The summed E-state index contributed by atoms with van der Waals surface area (Å²) in [4.78, 5) is 15.3. The van der Waals surface area contributed by atoms with Crippen LogP contribution < -0.4 is 5.32 Å². The molecule has 0 radical (unpaired) electrons. The molecular formula is C16H18ClFN2O. The van der Waals surface area contributed by atoms with E-state index in [0.717, 1.165) is 24.6 Å². The molecule has 3 rings (SSSR count). The largest absolute Gasteiger partial charge is 0.350 e. The molecule has 5 heteroatoms. The van der Waals surface area contributed by atoms with Crippen molar-refractivity contribution in [3.63, 3.8) is 0 Å². The molecule has 0 aliphatic heterocycles. The van der Waals surface area contributed by atoms with Crippen LogP contribution in [0.1, 0.15) is 43.1 Å². The molecule has 0 bridgehead atoms. The third kappa shape index (κ3) is 2.91. The van der Waals surface area contributed by atoms with E-state index in [1.54, 1.807) is 6.07 Å². The van der Waals surface area contributed by atoms with Gasteiger partial charge in [-0.1, -0.05) is 31.4 Å². The Morgan fingerprint density at radius 2 is 2.10 bits per heavy atom. The number of carbonyl (C=O) groups excluding carboxylic acids is 1. The molecule has 1 fully saturated rings. The van der Waals surface area contributed by atoms with Gasteiger partial charge in [-0.05, 0) is 37.0 Å². The minimum atomic E-state index is -0.487. The van der Waals surface area contributed by atoms with Crippen molar-refractivity contribution >= 4 is 28.4 Å². The zero-order valence-electron chi connectivity index (χ0n) is 11.9. The minimum absolute atomic E-state index is 0.0642. The number of carbonyl (C=O) groups is 1. The maximum absolute atomic E-state index is 13.4. The van der Waals surface area contributed by atoms with Crippen LogP contribution in [0, 0.1) is 11.7 Å². The lowest BCUT2D eigenvalue weighted by Gasteiger charge is -2.29. The van der Waals surface area contributed by atoms with Crippen LogP contribution in [0.15, 0.2) is 18.2 Å². The van der Waals surface area contributed by atoms with Gasteiger partial charge in [0, 0.05) is 16.9 Å². The van der Waals surface area contributed by atoms with Gasteiger partial charge < -0.3 is 10.3 Å². The summed E-state index contributed by atoms with van der Waals surface area (Å²) in [5.41, 5.74) is 1.03. The second kappa shape index (κ2) is 5.68. The van der Waals surface area contributed by atoms with Gasteiger partial charge in [0.25, 0.3) is 5.91 Å². The summed E-state index contributed by atoms with van der Waals surface area (Å²) in [7, 11) is 0. The summed E-state index contributed by atoms with van der Waals surface area (Å²) in [6.07, 6.45) is 4.56. The predicted molar refractivity (Wildman–Crippen MR) is 82.2 cm³/mol. The first-order valence-corrected chi connectivity index (χ1v) is 7.71. The smallest absolute Gasteiger partial charge is 0.267 e. The number of aromatic nitrogens is 1. The van der Waals surface area contributed by atoms with Crippen LogP contribution >= 0.6 is 11.6 Å². The number of halogens is 2. The van der Waals surface area contributed by atoms with Crippen molar-refractivity contribution in [2.24, 2.45) is 5.92 Å². The Bertz CT molecular complexity index is 643. The minimum Gasteiger partial charge on any atom is -0.350 e. The van der Waals surface area contributed by atoms with Gasteiger partial charge in [-0.25, -0.2) is 4.39 Å². The normalized spacial score (nSPS) is 22.4. The first-order chi connectivity index (χ1) is 10.0. The van der Waals surface area contributed by atoms with Gasteiger partial charge in [0.1, 0.15) is 11.5 Å². The van der Waals surface area contributed by atoms with Crippen molar-refractivity contribution in [2.45, 2.75) is 38.6 Å². The quantitative estimate of drug-likeness (QED) is 0.855. The molecule has 1 aromatic carbocycles. The van der Waals surface area contributed by atoms with Crippen LogP contribution in [-0.4, -0.2) is 16.9 Å². The van der Waals surface area contributed by atoms with Crippen LogP contribution in [0.4, 0.5) is 4.39 Å². The molecule has 2 N–H and O–H groups in total. The van der Waals surface area contributed by atoms with E-state index >= 15 is 0 Å². The van der Waals surface area contributed by atoms with E-state index in [2.05, 4.69) is 17.2 Å². The number of hydrogen-bond acceptors (Lipinski definition) is 1. The maximum Gasteiger partial charge on any atom is 0.267 e. The number of nitrogens with one attached hydrogen (secondary N) is 2.